The maximum atomic E-state index is 12.9. The van der Waals surface area contributed by atoms with Gasteiger partial charge < -0.3 is 5.11 Å². The molecular weight excluding hydrogens is 276 g/mol. The summed E-state index contributed by atoms with van der Waals surface area (Å²) in [6.45, 7) is 4.49. The average Bonchev–Trinajstić information content (AvgIpc) is 2.77. The third kappa shape index (κ3) is 1.78. The number of rotatable bonds is 0. The highest BCUT2D eigenvalue weighted by Gasteiger charge is 2.62. The van der Waals surface area contributed by atoms with Gasteiger partial charge >= 0.3 is 0 Å². The summed E-state index contributed by atoms with van der Waals surface area (Å²) in [6.07, 6.45) is 6.73. The van der Waals surface area contributed by atoms with E-state index < -0.39 is 0 Å². The van der Waals surface area contributed by atoms with Crippen LogP contribution in [0.5, 0.6) is 0 Å². The predicted octanol–water partition coefficient (Wildman–Crippen LogP) is 3.14. The minimum Gasteiger partial charge on any atom is -0.393 e. The summed E-state index contributed by atoms with van der Waals surface area (Å²) in [6, 6.07) is 0. The van der Waals surface area contributed by atoms with Gasteiger partial charge in [0, 0.05) is 24.2 Å². The molecule has 122 valence electrons. The number of aliphatic hydroxyl groups is 1. The van der Waals surface area contributed by atoms with Crippen LogP contribution in [0.25, 0.3) is 0 Å². The van der Waals surface area contributed by atoms with Crippen molar-refractivity contribution >= 4 is 11.6 Å². The van der Waals surface area contributed by atoms with Crippen molar-refractivity contribution in [3.8, 4) is 0 Å². The zero-order chi connectivity index (χ0) is 15.7. The number of hydrogen-bond acceptors (Lipinski definition) is 3. The number of carbonyl (C=O) groups excluding carboxylic acids is 2. The van der Waals surface area contributed by atoms with Gasteiger partial charge in [-0.1, -0.05) is 13.8 Å². The van der Waals surface area contributed by atoms with Crippen LogP contribution in [0.2, 0.25) is 0 Å². The van der Waals surface area contributed by atoms with Crippen LogP contribution in [0.3, 0.4) is 0 Å². The Morgan fingerprint density at radius 1 is 1.05 bits per heavy atom. The Hall–Kier alpha value is -0.700. The van der Waals surface area contributed by atoms with Crippen molar-refractivity contribution in [3.63, 3.8) is 0 Å². The molecule has 0 saturated heterocycles. The lowest BCUT2D eigenvalue weighted by Crippen LogP contribution is -2.57. The fraction of sp³-hybridized carbons (Fsp3) is 0.895. The number of Topliss-reactive ketones (excluding diaryl/α,β-unsaturated/α-hetero) is 2. The molecule has 22 heavy (non-hydrogen) atoms. The van der Waals surface area contributed by atoms with Crippen LogP contribution in [0.4, 0.5) is 0 Å². The molecule has 3 heteroatoms. The van der Waals surface area contributed by atoms with E-state index in [-0.39, 0.29) is 28.8 Å². The van der Waals surface area contributed by atoms with Crippen molar-refractivity contribution in [2.24, 2.45) is 34.5 Å². The highest BCUT2D eigenvalue weighted by atomic mass is 16.3. The second kappa shape index (κ2) is 4.66. The number of ketones is 2. The van der Waals surface area contributed by atoms with E-state index in [2.05, 4.69) is 13.8 Å². The molecule has 4 saturated carbocycles. The van der Waals surface area contributed by atoms with Gasteiger partial charge in [-0.15, -0.1) is 0 Å². The minimum atomic E-state index is -0.228. The summed E-state index contributed by atoms with van der Waals surface area (Å²) in [7, 11) is 0. The zero-order valence-corrected chi connectivity index (χ0v) is 13.8. The molecule has 0 aromatic heterocycles. The summed E-state index contributed by atoms with van der Waals surface area (Å²) >= 11 is 0. The summed E-state index contributed by atoms with van der Waals surface area (Å²) < 4.78 is 0. The van der Waals surface area contributed by atoms with Crippen molar-refractivity contribution in [3.05, 3.63) is 0 Å². The van der Waals surface area contributed by atoms with E-state index in [4.69, 9.17) is 0 Å². The van der Waals surface area contributed by atoms with Crippen LogP contribution in [-0.4, -0.2) is 22.8 Å². The summed E-state index contributed by atoms with van der Waals surface area (Å²) in [4.78, 5) is 25.3. The molecular formula is C19H28O3. The smallest absolute Gasteiger partial charge is 0.139 e. The molecule has 0 aromatic rings. The third-order valence-electron chi connectivity index (χ3n) is 8.15. The normalized spacial score (nSPS) is 54.6. The monoisotopic (exact) mass is 304 g/mol. The maximum absolute atomic E-state index is 12.9. The molecule has 0 bridgehead atoms. The van der Waals surface area contributed by atoms with Gasteiger partial charge in [-0.2, -0.15) is 0 Å². The molecule has 4 fully saturated rings. The molecule has 7 atom stereocenters. The first-order valence-corrected chi connectivity index (χ1v) is 9.10. The molecule has 0 radical (unpaired) electrons. The fourth-order valence-corrected chi connectivity index (χ4v) is 6.68. The third-order valence-corrected chi connectivity index (χ3v) is 8.15. The maximum Gasteiger partial charge on any atom is 0.139 e. The fourth-order valence-electron chi connectivity index (χ4n) is 6.68. The van der Waals surface area contributed by atoms with E-state index in [1.807, 2.05) is 0 Å². The van der Waals surface area contributed by atoms with E-state index in [0.717, 1.165) is 38.5 Å². The Balaban J connectivity index is 1.70. The summed E-state index contributed by atoms with van der Waals surface area (Å²) in [5, 5.41) is 10.0. The van der Waals surface area contributed by atoms with Crippen molar-refractivity contribution < 1.29 is 14.7 Å². The first-order chi connectivity index (χ1) is 10.4. The highest BCUT2D eigenvalue weighted by Crippen LogP contribution is 2.64. The molecule has 4 aliphatic carbocycles. The Kier molecular flexibility index (Phi) is 3.15. The predicted molar refractivity (Wildman–Crippen MR) is 83.1 cm³/mol. The summed E-state index contributed by atoms with van der Waals surface area (Å²) in [5.74, 6) is 1.99. The molecule has 0 unspecified atom stereocenters. The van der Waals surface area contributed by atoms with Gasteiger partial charge in [0.05, 0.1) is 6.10 Å². The Bertz CT molecular complexity index is 527. The van der Waals surface area contributed by atoms with E-state index >= 15 is 0 Å². The van der Waals surface area contributed by atoms with Crippen LogP contribution in [0.1, 0.15) is 65.2 Å². The minimum absolute atomic E-state index is 0.113. The lowest BCUT2D eigenvalue weighted by molar-refractivity contribution is -0.160. The van der Waals surface area contributed by atoms with Crippen molar-refractivity contribution in [2.45, 2.75) is 71.3 Å². The number of aliphatic hydroxyl groups excluding tert-OH is 1. The number of hydrogen-bond donors (Lipinski definition) is 1. The Morgan fingerprint density at radius 3 is 2.59 bits per heavy atom. The first kappa shape index (κ1) is 14.9. The SMILES string of the molecule is C[C@]12CC[C@@H](O)C[C@@H]1CC(=O)[C@@H]1[C@@H]2CC[C@]2(C)C(=O)CC[C@@H]12. The van der Waals surface area contributed by atoms with Crippen LogP contribution in [0, 0.1) is 34.5 Å². The van der Waals surface area contributed by atoms with Gasteiger partial charge in [0.15, 0.2) is 0 Å². The van der Waals surface area contributed by atoms with Gasteiger partial charge in [0.2, 0.25) is 0 Å². The van der Waals surface area contributed by atoms with Gasteiger partial charge in [-0.25, -0.2) is 0 Å². The average molecular weight is 304 g/mol. The molecule has 1 N–H and O–H groups in total. The van der Waals surface area contributed by atoms with Gasteiger partial charge in [0.1, 0.15) is 11.6 Å². The topological polar surface area (TPSA) is 54.4 Å². The molecule has 3 nitrogen and oxygen atoms in total. The van der Waals surface area contributed by atoms with E-state index in [9.17, 15) is 14.7 Å². The molecule has 4 rings (SSSR count). The lowest BCUT2D eigenvalue weighted by atomic mass is 9.45. The zero-order valence-electron chi connectivity index (χ0n) is 13.8. The molecule has 0 spiro atoms. The molecule has 0 amide bonds. The largest absolute Gasteiger partial charge is 0.393 e. The van der Waals surface area contributed by atoms with Gasteiger partial charge in [-0.3, -0.25) is 9.59 Å². The van der Waals surface area contributed by atoms with Crippen LogP contribution in [0.15, 0.2) is 0 Å². The second-order valence-corrected chi connectivity index (χ2v) is 8.96. The number of fused-ring (bicyclic) bond motifs is 5. The van der Waals surface area contributed by atoms with E-state index in [1.54, 1.807) is 0 Å². The quantitative estimate of drug-likeness (QED) is 0.748. The van der Waals surface area contributed by atoms with E-state index in [0.29, 0.717) is 36.2 Å². The van der Waals surface area contributed by atoms with E-state index in [1.165, 1.54) is 0 Å². The lowest BCUT2D eigenvalue weighted by Gasteiger charge is -2.59. The highest BCUT2D eigenvalue weighted by molar-refractivity contribution is 5.90. The van der Waals surface area contributed by atoms with Crippen LogP contribution in [-0.2, 0) is 9.59 Å². The Morgan fingerprint density at radius 2 is 1.82 bits per heavy atom. The van der Waals surface area contributed by atoms with Crippen molar-refractivity contribution in [1.82, 2.24) is 0 Å². The second-order valence-electron chi connectivity index (χ2n) is 8.96. The van der Waals surface area contributed by atoms with Crippen LogP contribution >= 0.6 is 0 Å². The first-order valence-electron chi connectivity index (χ1n) is 9.10. The number of carbonyl (C=O) groups is 2. The molecule has 0 aromatic carbocycles. The molecule has 4 aliphatic rings. The van der Waals surface area contributed by atoms with Gasteiger partial charge in [0.25, 0.3) is 0 Å². The van der Waals surface area contributed by atoms with Crippen LogP contribution < -0.4 is 0 Å². The molecule has 0 heterocycles. The molecule has 0 aliphatic heterocycles. The Labute approximate surface area is 132 Å². The standard InChI is InChI=1S/C19H28O3/c1-18-7-5-12(20)9-11(18)10-15(21)17-13-3-4-16(22)19(13,2)8-6-14(17)18/h11-14,17,20H,3-10H2,1-2H3/t11-,12-,13+,14+,17+,18+,19+/m1/s1. The van der Waals surface area contributed by atoms with Crippen molar-refractivity contribution in [2.75, 3.05) is 0 Å². The van der Waals surface area contributed by atoms with Gasteiger partial charge in [-0.05, 0) is 61.7 Å². The summed E-state index contributed by atoms with van der Waals surface area (Å²) in [5.41, 5.74) is -0.0288. The van der Waals surface area contributed by atoms with Crippen molar-refractivity contribution in [1.29, 1.82) is 0 Å².